The van der Waals surface area contributed by atoms with Gasteiger partial charge in [-0.2, -0.15) is 0 Å². The molecule has 0 aliphatic carbocycles. The van der Waals surface area contributed by atoms with Crippen molar-refractivity contribution < 1.29 is 23.8 Å². The summed E-state index contributed by atoms with van der Waals surface area (Å²) < 4.78 is 15.9. The maximum Gasteiger partial charge on any atom is 0.262 e. The lowest BCUT2D eigenvalue weighted by molar-refractivity contribution is -0.118. The molecule has 7 nitrogen and oxygen atoms in total. The predicted molar refractivity (Wildman–Crippen MR) is 107 cm³/mol. The van der Waals surface area contributed by atoms with Crippen molar-refractivity contribution in [3.63, 3.8) is 0 Å². The molecule has 2 N–H and O–H groups in total. The fourth-order valence-corrected chi connectivity index (χ4v) is 2.39. The predicted octanol–water partition coefficient (Wildman–Crippen LogP) is 3.25. The molecule has 0 fully saturated rings. The van der Waals surface area contributed by atoms with Gasteiger partial charge in [0, 0.05) is 24.2 Å². The van der Waals surface area contributed by atoms with Crippen LogP contribution in [0.5, 0.6) is 17.2 Å². The molecule has 0 saturated carbocycles. The van der Waals surface area contributed by atoms with Crippen LogP contribution < -0.4 is 24.8 Å². The van der Waals surface area contributed by atoms with E-state index in [1.165, 1.54) is 14.2 Å². The lowest BCUT2D eigenvalue weighted by atomic mass is 10.1. The van der Waals surface area contributed by atoms with E-state index in [0.717, 1.165) is 6.42 Å². The molecule has 2 amide bonds. The van der Waals surface area contributed by atoms with Gasteiger partial charge in [0.05, 0.1) is 25.5 Å². The van der Waals surface area contributed by atoms with E-state index in [4.69, 9.17) is 14.2 Å². The number of carbonyl (C=O) groups is 2. The van der Waals surface area contributed by atoms with E-state index in [1.807, 2.05) is 13.8 Å². The standard InChI is InChI=1S/C21H26N2O5/c1-5-14(2)22-21(25)18-8-6-7-9-19(18)23-20(24)13-28-17-11-15(26-3)10-16(12-17)27-4/h6-12,14H,5,13H2,1-4H3,(H,22,25)(H,23,24)/t14-/m0/s1. The van der Waals surface area contributed by atoms with Crippen LogP contribution in [0.25, 0.3) is 0 Å². The molecule has 2 aromatic rings. The van der Waals surface area contributed by atoms with Gasteiger partial charge in [-0.25, -0.2) is 0 Å². The molecule has 150 valence electrons. The number of carbonyl (C=O) groups excluding carboxylic acids is 2. The lowest BCUT2D eigenvalue weighted by Gasteiger charge is -2.15. The van der Waals surface area contributed by atoms with Gasteiger partial charge in [-0.15, -0.1) is 0 Å². The van der Waals surface area contributed by atoms with Crippen LogP contribution in [0.1, 0.15) is 30.6 Å². The number of hydrogen-bond acceptors (Lipinski definition) is 5. The van der Waals surface area contributed by atoms with Crippen LogP contribution in [0, 0.1) is 0 Å². The van der Waals surface area contributed by atoms with E-state index in [2.05, 4.69) is 10.6 Å². The van der Waals surface area contributed by atoms with Gasteiger partial charge < -0.3 is 24.8 Å². The first-order valence-electron chi connectivity index (χ1n) is 9.02. The van der Waals surface area contributed by atoms with E-state index in [-0.39, 0.29) is 24.5 Å². The highest BCUT2D eigenvalue weighted by molar-refractivity contribution is 6.04. The number of methoxy groups -OCH3 is 2. The van der Waals surface area contributed by atoms with Gasteiger partial charge in [-0.3, -0.25) is 9.59 Å². The van der Waals surface area contributed by atoms with Crippen LogP contribution in [0.3, 0.4) is 0 Å². The molecule has 0 heterocycles. The summed E-state index contributed by atoms with van der Waals surface area (Å²) in [6.07, 6.45) is 0.818. The van der Waals surface area contributed by atoms with E-state index in [0.29, 0.717) is 28.5 Å². The fraction of sp³-hybridized carbons (Fsp3) is 0.333. The zero-order valence-electron chi connectivity index (χ0n) is 16.6. The van der Waals surface area contributed by atoms with Crippen LogP contribution >= 0.6 is 0 Å². The minimum absolute atomic E-state index is 0.0441. The minimum atomic E-state index is -0.384. The van der Waals surface area contributed by atoms with Gasteiger partial charge in [0.25, 0.3) is 11.8 Å². The molecule has 0 unspecified atom stereocenters. The van der Waals surface area contributed by atoms with Gasteiger partial charge in [0.2, 0.25) is 0 Å². The van der Waals surface area contributed by atoms with Crippen LogP contribution in [0.4, 0.5) is 5.69 Å². The van der Waals surface area contributed by atoms with E-state index >= 15 is 0 Å². The maximum absolute atomic E-state index is 12.4. The molecule has 1 atom stereocenters. The number of rotatable bonds is 9. The Labute approximate surface area is 165 Å². The van der Waals surface area contributed by atoms with Crippen LogP contribution in [-0.2, 0) is 4.79 Å². The molecule has 0 radical (unpaired) electrons. The number of hydrogen-bond donors (Lipinski definition) is 2. The number of amides is 2. The van der Waals surface area contributed by atoms with Crippen molar-refractivity contribution in [1.82, 2.24) is 5.32 Å². The van der Waals surface area contributed by atoms with Crippen molar-refractivity contribution in [3.8, 4) is 17.2 Å². The van der Waals surface area contributed by atoms with Crippen molar-refractivity contribution in [2.45, 2.75) is 26.3 Å². The Balaban J connectivity index is 2.03. The minimum Gasteiger partial charge on any atom is -0.496 e. The number of para-hydroxylation sites is 1. The summed E-state index contributed by atoms with van der Waals surface area (Å²) in [5.74, 6) is 0.937. The number of anilines is 1. The van der Waals surface area contributed by atoms with E-state index in [1.54, 1.807) is 42.5 Å². The van der Waals surface area contributed by atoms with E-state index < -0.39 is 0 Å². The third kappa shape index (κ3) is 5.90. The van der Waals surface area contributed by atoms with Gasteiger partial charge >= 0.3 is 0 Å². The smallest absolute Gasteiger partial charge is 0.262 e. The molecule has 0 aliphatic rings. The number of nitrogens with one attached hydrogen (secondary N) is 2. The topological polar surface area (TPSA) is 85.9 Å². The van der Waals surface area contributed by atoms with Crippen molar-refractivity contribution in [1.29, 1.82) is 0 Å². The SMILES string of the molecule is CC[C@H](C)NC(=O)c1ccccc1NC(=O)COc1cc(OC)cc(OC)c1. The summed E-state index contributed by atoms with van der Waals surface area (Å²) in [5, 5.41) is 5.62. The molecule has 0 aromatic heterocycles. The summed E-state index contributed by atoms with van der Waals surface area (Å²) >= 11 is 0. The molecule has 0 saturated heterocycles. The molecular weight excluding hydrogens is 360 g/mol. The van der Waals surface area contributed by atoms with Crippen LogP contribution in [0.15, 0.2) is 42.5 Å². The Morgan fingerprint density at radius 1 is 1.00 bits per heavy atom. The molecule has 0 bridgehead atoms. The molecule has 7 heteroatoms. The van der Waals surface area contributed by atoms with E-state index in [9.17, 15) is 9.59 Å². The third-order valence-electron chi connectivity index (χ3n) is 4.13. The molecule has 2 rings (SSSR count). The first-order chi connectivity index (χ1) is 13.5. The third-order valence-corrected chi connectivity index (χ3v) is 4.13. The van der Waals surface area contributed by atoms with Crippen molar-refractivity contribution >= 4 is 17.5 Å². The zero-order valence-corrected chi connectivity index (χ0v) is 16.6. The molecule has 2 aromatic carbocycles. The summed E-state index contributed by atoms with van der Waals surface area (Å²) in [6.45, 7) is 3.69. The fourth-order valence-electron chi connectivity index (χ4n) is 2.39. The Morgan fingerprint density at radius 2 is 1.61 bits per heavy atom. The maximum atomic E-state index is 12.4. The summed E-state index contributed by atoms with van der Waals surface area (Å²) in [5.41, 5.74) is 0.833. The second-order valence-electron chi connectivity index (χ2n) is 6.21. The Bertz CT molecular complexity index is 800. The Morgan fingerprint density at radius 3 is 2.21 bits per heavy atom. The quantitative estimate of drug-likeness (QED) is 0.691. The normalized spacial score (nSPS) is 11.3. The average molecular weight is 386 g/mol. The Hall–Kier alpha value is -3.22. The summed E-state index contributed by atoms with van der Waals surface area (Å²) in [7, 11) is 3.07. The first kappa shape index (κ1) is 21.1. The monoisotopic (exact) mass is 386 g/mol. The van der Waals surface area contributed by atoms with Crippen LogP contribution in [0.2, 0.25) is 0 Å². The van der Waals surface area contributed by atoms with Gasteiger partial charge in [0.1, 0.15) is 17.2 Å². The highest BCUT2D eigenvalue weighted by Gasteiger charge is 2.15. The van der Waals surface area contributed by atoms with Crippen molar-refractivity contribution in [2.24, 2.45) is 0 Å². The lowest BCUT2D eigenvalue weighted by Crippen LogP contribution is -2.33. The van der Waals surface area contributed by atoms with Gasteiger partial charge in [-0.1, -0.05) is 19.1 Å². The second-order valence-corrected chi connectivity index (χ2v) is 6.21. The second kappa shape index (κ2) is 10.2. The highest BCUT2D eigenvalue weighted by Crippen LogP contribution is 2.27. The first-order valence-corrected chi connectivity index (χ1v) is 9.02. The molecule has 28 heavy (non-hydrogen) atoms. The van der Waals surface area contributed by atoms with Crippen molar-refractivity contribution in [2.75, 3.05) is 26.1 Å². The molecule has 0 spiro atoms. The summed E-state index contributed by atoms with van der Waals surface area (Å²) in [4.78, 5) is 24.7. The molecular formula is C21H26N2O5. The van der Waals surface area contributed by atoms with Gasteiger partial charge in [0.15, 0.2) is 6.61 Å². The number of benzene rings is 2. The highest BCUT2D eigenvalue weighted by atomic mass is 16.5. The Kier molecular flexibility index (Phi) is 7.68. The number of ether oxygens (including phenoxy) is 3. The zero-order chi connectivity index (χ0) is 20.5. The summed E-state index contributed by atoms with van der Waals surface area (Å²) in [6, 6.07) is 11.9. The van der Waals surface area contributed by atoms with Gasteiger partial charge in [-0.05, 0) is 25.5 Å². The largest absolute Gasteiger partial charge is 0.496 e. The van der Waals surface area contributed by atoms with Crippen molar-refractivity contribution in [3.05, 3.63) is 48.0 Å². The average Bonchev–Trinajstić information content (AvgIpc) is 2.72. The van der Waals surface area contributed by atoms with Crippen LogP contribution in [-0.4, -0.2) is 38.7 Å². The molecule has 0 aliphatic heterocycles.